The zero-order valence-electron chi connectivity index (χ0n) is 6.26. The molecule has 66 valence electrons. The Bertz CT molecular complexity index is 246. The lowest BCUT2D eigenvalue weighted by Gasteiger charge is -1.93. The van der Waals surface area contributed by atoms with E-state index in [2.05, 4.69) is 0 Å². The van der Waals surface area contributed by atoms with Crippen molar-refractivity contribution in [2.75, 3.05) is 0 Å². The molecule has 0 aliphatic rings. The lowest BCUT2D eigenvalue weighted by atomic mass is 10.8. The van der Waals surface area contributed by atoms with Crippen molar-refractivity contribution in [3.8, 4) is 0 Å². The van der Waals surface area contributed by atoms with Crippen LogP contribution in [-0.2, 0) is 28.8 Å². The van der Waals surface area contributed by atoms with E-state index in [4.69, 9.17) is 0 Å². The highest BCUT2D eigenvalue weighted by Gasteiger charge is 2.43. The summed E-state index contributed by atoms with van der Waals surface area (Å²) in [6, 6.07) is 0. The Hall–Kier alpha value is -1.45. The third kappa shape index (κ3) is 2.82. The van der Waals surface area contributed by atoms with Crippen molar-refractivity contribution in [1.82, 2.24) is 0 Å². The molecule has 0 unspecified atom stereocenters. The molecule has 0 saturated heterocycles. The average Bonchev–Trinajstić information content (AvgIpc) is 2.16. The molecule has 0 atom stereocenters. The van der Waals surface area contributed by atoms with Gasteiger partial charge in [-0.3, -0.25) is 14.4 Å². The van der Waals surface area contributed by atoms with Crippen molar-refractivity contribution < 1.29 is 28.8 Å². The predicted octanol–water partition coefficient (Wildman–Crippen LogP) is -2.60. The number of rotatable bonds is 6. The molecular formula is C6H3AlO6. The summed E-state index contributed by atoms with van der Waals surface area (Å²) in [5, 5.41) is 0. The van der Waals surface area contributed by atoms with Crippen molar-refractivity contribution in [3.63, 3.8) is 0 Å². The first-order valence-corrected chi connectivity index (χ1v) is 4.78. The minimum atomic E-state index is -3.54. The summed E-state index contributed by atoms with van der Waals surface area (Å²) in [5.41, 5.74) is 0. The highest BCUT2D eigenvalue weighted by molar-refractivity contribution is 7.37. The van der Waals surface area contributed by atoms with Crippen molar-refractivity contribution in [2.24, 2.45) is 0 Å². The van der Waals surface area contributed by atoms with Gasteiger partial charge >= 0.3 is 14.1 Å². The van der Waals surface area contributed by atoms with Gasteiger partial charge in [-0.25, -0.2) is 0 Å². The minimum absolute atomic E-state index is 0.223. The fraction of sp³-hybridized carbons (Fsp3) is 0. The predicted molar refractivity (Wildman–Crippen MR) is 39.0 cm³/mol. The smallest absolute Gasteiger partial charge is 0.311 e. The Labute approximate surface area is 76.3 Å². The van der Waals surface area contributed by atoms with Crippen LogP contribution in [0.25, 0.3) is 0 Å². The van der Waals surface area contributed by atoms with Crippen molar-refractivity contribution in [1.29, 1.82) is 0 Å². The molecule has 13 heavy (non-hydrogen) atoms. The monoisotopic (exact) mass is 198 g/mol. The van der Waals surface area contributed by atoms with Crippen LogP contribution in [0.2, 0.25) is 0 Å². The van der Waals surface area contributed by atoms with Gasteiger partial charge in [-0.15, -0.1) is 0 Å². The minimum Gasteiger partial charge on any atom is -0.311 e. The van der Waals surface area contributed by atoms with Crippen LogP contribution in [0.1, 0.15) is 0 Å². The molecule has 0 fully saturated rings. The van der Waals surface area contributed by atoms with Crippen LogP contribution in [0.15, 0.2) is 0 Å². The SMILES string of the molecule is O=C[C](=O)[Al]([C](=O)C=O)[C](=O)C=O. The lowest BCUT2D eigenvalue weighted by molar-refractivity contribution is -0.130. The van der Waals surface area contributed by atoms with E-state index >= 15 is 0 Å². The average molecular weight is 198 g/mol. The van der Waals surface area contributed by atoms with Gasteiger partial charge in [0.15, 0.2) is 18.9 Å². The van der Waals surface area contributed by atoms with Crippen LogP contribution >= 0.6 is 0 Å². The second kappa shape index (κ2) is 5.24. The van der Waals surface area contributed by atoms with E-state index in [1.54, 1.807) is 0 Å². The fourth-order valence-electron chi connectivity index (χ4n) is 0.625. The van der Waals surface area contributed by atoms with E-state index in [0.717, 1.165) is 0 Å². The van der Waals surface area contributed by atoms with Gasteiger partial charge in [-0.1, -0.05) is 0 Å². The van der Waals surface area contributed by atoms with Gasteiger partial charge in [0.05, 0.1) is 0 Å². The number of aldehydes is 3. The van der Waals surface area contributed by atoms with Crippen molar-refractivity contribution in [3.05, 3.63) is 0 Å². The lowest BCUT2D eigenvalue weighted by Crippen LogP contribution is -2.45. The summed E-state index contributed by atoms with van der Waals surface area (Å²) in [6.07, 6.45) is -0.668. The quantitative estimate of drug-likeness (QED) is 0.263. The van der Waals surface area contributed by atoms with E-state index in [1.807, 2.05) is 0 Å². The third-order valence-electron chi connectivity index (χ3n) is 1.20. The molecule has 0 bridgehead atoms. The first kappa shape index (κ1) is 11.6. The highest BCUT2D eigenvalue weighted by atomic mass is 27.2. The summed E-state index contributed by atoms with van der Waals surface area (Å²) in [7, 11) is 0. The Morgan fingerprint density at radius 3 is 1.08 bits per heavy atom. The van der Waals surface area contributed by atoms with E-state index in [0.29, 0.717) is 0 Å². The zero-order valence-corrected chi connectivity index (χ0v) is 7.41. The van der Waals surface area contributed by atoms with Gasteiger partial charge in [-0.2, -0.15) is 0 Å². The maximum absolute atomic E-state index is 10.6. The van der Waals surface area contributed by atoms with Crippen LogP contribution in [0.4, 0.5) is 0 Å². The zero-order chi connectivity index (χ0) is 10.4. The Balaban J connectivity index is 4.95. The van der Waals surface area contributed by atoms with Gasteiger partial charge in [0.2, 0.25) is 0 Å². The number of hydrogen-bond acceptors (Lipinski definition) is 6. The van der Waals surface area contributed by atoms with Crippen LogP contribution in [0.5, 0.6) is 0 Å². The van der Waals surface area contributed by atoms with Gasteiger partial charge in [0, 0.05) is 0 Å². The normalized spacial score (nSPS) is 8.31. The second-order valence-electron chi connectivity index (χ2n) is 1.99. The molecule has 6 nitrogen and oxygen atoms in total. The summed E-state index contributed by atoms with van der Waals surface area (Å²) in [6.45, 7) is 0. The molecule has 0 aromatic heterocycles. The first-order valence-electron chi connectivity index (χ1n) is 3.05. The van der Waals surface area contributed by atoms with Crippen LogP contribution in [0, 0.1) is 0 Å². The molecule has 7 heteroatoms. The third-order valence-corrected chi connectivity index (χ3v) is 3.32. The molecule has 0 rings (SSSR count). The largest absolute Gasteiger partial charge is 0.585 e. The molecule has 0 spiro atoms. The summed E-state index contributed by atoms with van der Waals surface area (Å²) in [5.74, 6) is 0. The Morgan fingerprint density at radius 1 is 0.692 bits per heavy atom. The van der Waals surface area contributed by atoms with Crippen molar-refractivity contribution in [2.45, 2.75) is 0 Å². The molecule has 0 aromatic rings. The first-order chi connectivity index (χ1) is 6.08. The maximum atomic E-state index is 10.6. The molecule has 0 saturated carbocycles. The number of carbonyl (C=O) groups is 6. The van der Waals surface area contributed by atoms with Crippen LogP contribution in [-0.4, -0.2) is 46.9 Å². The highest BCUT2D eigenvalue weighted by Crippen LogP contribution is 1.86. The molecule has 0 radical (unpaired) electrons. The molecule has 0 aromatic carbocycles. The van der Waals surface area contributed by atoms with Crippen molar-refractivity contribution >= 4 is 46.9 Å². The standard InChI is InChI=1S/3C2HO2.Al/c3*3-1-2-4;/h3*1H;. The Kier molecular flexibility index (Phi) is 4.66. The summed E-state index contributed by atoms with van der Waals surface area (Å²) in [4.78, 5) is 61.7. The molecule has 0 heterocycles. The molecule has 0 aliphatic carbocycles. The number of hydrogen-bond donors (Lipinski definition) is 0. The topological polar surface area (TPSA) is 102 Å². The molecule has 0 amide bonds. The maximum Gasteiger partial charge on any atom is 0.585 e. The second-order valence-corrected chi connectivity index (χ2v) is 4.57. The molecule has 0 N–H and O–H groups in total. The van der Waals surface area contributed by atoms with Gasteiger partial charge in [0.25, 0.3) is 0 Å². The van der Waals surface area contributed by atoms with Gasteiger partial charge < -0.3 is 14.4 Å². The van der Waals surface area contributed by atoms with E-state index in [-0.39, 0.29) is 18.9 Å². The summed E-state index contributed by atoms with van der Waals surface area (Å²) >= 11 is -3.54. The molecule has 0 aliphatic heterocycles. The molecular weight excluding hydrogens is 195 g/mol. The van der Waals surface area contributed by atoms with Crippen LogP contribution in [0.3, 0.4) is 0 Å². The fourth-order valence-corrected chi connectivity index (χ4v) is 1.87. The van der Waals surface area contributed by atoms with E-state index in [9.17, 15) is 28.8 Å². The van der Waals surface area contributed by atoms with E-state index in [1.165, 1.54) is 0 Å². The van der Waals surface area contributed by atoms with E-state index < -0.39 is 28.1 Å². The van der Waals surface area contributed by atoms with Gasteiger partial charge in [-0.05, 0) is 0 Å². The van der Waals surface area contributed by atoms with Crippen LogP contribution < -0.4 is 0 Å². The Morgan fingerprint density at radius 2 is 0.923 bits per heavy atom. The summed E-state index contributed by atoms with van der Waals surface area (Å²) < 4.78 is -3.77. The van der Waals surface area contributed by atoms with Gasteiger partial charge in [0.1, 0.15) is 13.9 Å². The number of carbonyl (C=O) groups excluding carboxylic acids is 6.